The van der Waals surface area contributed by atoms with Crippen molar-refractivity contribution in [2.24, 2.45) is 0 Å². The van der Waals surface area contributed by atoms with Gasteiger partial charge in [-0.2, -0.15) is 13.1 Å². The second kappa shape index (κ2) is 3.34. The van der Waals surface area contributed by atoms with E-state index in [4.69, 9.17) is 0 Å². The second-order valence-corrected chi connectivity index (χ2v) is 3.69. The molecular formula is C6H11NO3S. The van der Waals surface area contributed by atoms with Gasteiger partial charge in [0.2, 0.25) is 0 Å². The van der Waals surface area contributed by atoms with Crippen LogP contribution in [0.25, 0.3) is 0 Å². The summed E-state index contributed by atoms with van der Waals surface area (Å²) >= 11 is 0. The van der Waals surface area contributed by atoms with E-state index in [1.165, 1.54) is 0 Å². The number of hydrogen-bond donors (Lipinski definition) is 1. The fraction of sp³-hybridized carbons (Fsp3) is 0.667. The molecule has 11 heavy (non-hydrogen) atoms. The molecule has 1 saturated heterocycles. The Labute approximate surface area is 66.5 Å². The topological polar surface area (TPSA) is 55.4 Å². The molecule has 0 radical (unpaired) electrons. The van der Waals surface area contributed by atoms with E-state index in [9.17, 15) is 8.42 Å². The van der Waals surface area contributed by atoms with Gasteiger partial charge >= 0.3 is 10.3 Å². The van der Waals surface area contributed by atoms with E-state index in [-0.39, 0.29) is 12.6 Å². The van der Waals surface area contributed by atoms with Crippen molar-refractivity contribution in [3.63, 3.8) is 0 Å². The van der Waals surface area contributed by atoms with Crippen molar-refractivity contribution in [2.45, 2.75) is 19.4 Å². The maximum atomic E-state index is 10.8. The fourth-order valence-corrected chi connectivity index (χ4v) is 1.88. The normalized spacial score (nSPS) is 30.8. The van der Waals surface area contributed by atoms with E-state index in [1.807, 2.05) is 13.0 Å². The van der Waals surface area contributed by atoms with Crippen LogP contribution in [0.3, 0.4) is 0 Å². The number of rotatable bonds is 1. The van der Waals surface area contributed by atoms with Gasteiger partial charge in [-0.15, -0.1) is 0 Å². The average Bonchev–Trinajstić information content (AvgIpc) is 1.85. The smallest absolute Gasteiger partial charge is 0.258 e. The van der Waals surface area contributed by atoms with Gasteiger partial charge in [-0.05, 0) is 13.3 Å². The molecule has 4 nitrogen and oxygen atoms in total. The minimum Gasteiger partial charge on any atom is -0.258 e. The molecular weight excluding hydrogens is 166 g/mol. The zero-order valence-corrected chi connectivity index (χ0v) is 7.10. The lowest BCUT2D eigenvalue weighted by molar-refractivity contribution is 0.269. The molecule has 1 aliphatic rings. The molecule has 0 spiro atoms. The molecule has 0 amide bonds. The zero-order valence-electron chi connectivity index (χ0n) is 6.28. The van der Waals surface area contributed by atoms with Crippen LogP contribution in [0, 0.1) is 0 Å². The fourth-order valence-electron chi connectivity index (χ4n) is 0.931. The largest absolute Gasteiger partial charge is 0.336 e. The van der Waals surface area contributed by atoms with Gasteiger partial charge in [0, 0.05) is 6.04 Å². The minimum atomic E-state index is -3.46. The third-order valence-electron chi connectivity index (χ3n) is 1.39. The van der Waals surface area contributed by atoms with Crippen LogP contribution < -0.4 is 4.72 Å². The quantitative estimate of drug-likeness (QED) is 0.581. The highest BCUT2D eigenvalue weighted by Crippen LogP contribution is 2.06. The summed E-state index contributed by atoms with van der Waals surface area (Å²) in [5.74, 6) is 0. The monoisotopic (exact) mass is 177 g/mol. The molecule has 0 aromatic carbocycles. The summed E-state index contributed by atoms with van der Waals surface area (Å²) in [6, 6.07) is -0.0984. The Bertz CT molecular complexity index is 245. The van der Waals surface area contributed by atoms with Gasteiger partial charge in [0.25, 0.3) is 0 Å². The Balaban J connectivity index is 2.60. The molecule has 1 aliphatic heterocycles. The molecule has 0 aromatic heterocycles. The van der Waals surface area contributed by atoms with Gasteiger partial charge in [0.05, 0.1) is 6.61 Å². The van der Waals surface area contributed by atoms with E-state index >= 15 is 0 Å². The third kappa shape index (κ3) is 2.61. The van der Waals surface area contributed by atoms with Crippen LogP contribution >= 0.6 is 0 Å². The lowest BCUT2D eigenvalue weighted by atomic mass is 10.2. The zero-order chi connectivity index (χ0) is 8.32. The van der Waals surface area contributed by atoms with E-state index in [2.05, 4.69) is 8.91 Å². The Kier molecular flexibility index (Phi) is 2.64. The van der Waals surface area contributed by atoms with Crippen molar-refractivity contribution in [3.05, 3.63) is 12.2 Å². The highest BCUT2D eigenvalue weighted by atomic mass is 32.2. The van der Waals surface area contributed by atoms with E-state index in [0.29, 0.717) is 6.42 Å². The van der Waals surface area contributed by atoms with Crippen molar-refractivity contribution in [1.82, 2.24) is 4.72 Å². The van der Waals surface area contributed by atoms with Gasteiger partial charge in [0.1, 0.15) is 0 Å². The summed E-state index contributed by atoms with van der Waals surface area (Å²) in [5, 5.41) is 0. The van der Waals surface area contributed by atoms with Gasteiger partial charge in [-0.25, -0.2) is 0 Å². The van der Waals surface area contributed by atoms with Gasteiger partial charge in [0.15, 0.2) is 0 Å². The summed E-state index contributed by atoms with van der Waals surface area (Å²) in [7, 11) is -3.46. The maximum Gasteiger partial charge on any atom is 0.336 e. The first-order valence-electron chi connectivity index (χ1n) is 3.43. The molecule has 0 aliphatic carbocycles. The number of hydrogen-bond acceptors (Lipinski definition) is 3. The first kappa shape index (κ1) is 8.70. The van der Waals surface area contributed by atoms with Crippen molar-refractivity contribution < 1.29 is 12.6 Å². The van der Waals surface area contributed by atoms with E-state index in [1.54, 1.807) is 6.08 Å². The number of allylic oxidation sites excluding steroid dienone is 1. The molecule has 1 atom stereocenters. The van der Waals surface area contributed by atoms with Gasteiger partial charge in [-0.3, -0.25) is 4.18 Å². The van der Waals surface area contributed by atoms with E-state index in [0.717, 1.165) is 0 Å². The van der Waals surface area contributed by atoms with Crippen molar-refractivity contribution in [3.8, 4) is 0 Å². The summed E-state index contributed by atoms with van der Waals surface area (Å²) < 4.78 is 28.4. The van der Waals surface area contributed by atoms with E-state index < -0.39 is 10.3 Å². The number of nitrogens with one attached hydrogen (secondary N) is 1. The van der Waals surface area contributed by atoms with Crippen LogP contribution in [0.4, 0.5) is 0 Å². The Hall–Kier alpha value is -0.390. The molecule has 1 fully saturated rings. The molecule has 1 rings (SSSR count). The summed E-state index contributed by atoms with van der Waals surface area (Å²) in [6.07, 6.45) is 4.32. The standard InChI is InChI=1S/C6H11NO3S/c1-2-3-6-4-5-10-11(8,9)7-6/h2-3,6-7H,4-5H2,1H3/b3-2+/t6-/m1/s1. The second-order valence-electron chi connectivity index (χ2n) is 2.31. The summed E-state index contributed by atoms with van der Waals surface area (Å²) in [4.78, 5) is 0. The highest BCUT2D eigenvalue weighted by molar-refractivity contribution is 7.84. The molecule has 1 heterocycles. The lowest BCUT2D eigenvalue weighted by Gasteiger charge is -2.19. The van der Waals surface area contributed by atoms with Crippen LogP contribution in [0.1, 0.15) is 13.3 Å². The highest BCUT2D eigenvalue weighted by Gasteiger charge is 2.21. The summed E-state index contributed by atoms with van der Waals surface area (Å²) in [6.45, 7) is 2.12. The lowest BCUT2D eigenvalue weighted by Crippen LogP contribution is -2.40. The molecule has 0 bridgehead atoms. The van der Waals surface area contributed by atoms with Crippen LogP contribution in [-0.2, 0) is 14.5 Å². The minimum absolute atomic E-state index is 0.0984. The van der Waals surface area contributed by atoms with Crippen molar-refractivity contribution in [2.75, 3.05) is 6.61 Å². The van der Waals surface area contributed by atoms with Crippen LogP contribution in [-0.4, -0.2) is 21.1 Å². The molecule has 1 N–H and O–H groups in total. The van der Waals surface area contributed by atoms with Crippen LogP contribution in [0.15, 0.2) is 12.2 Å². The maximum absolute atomic E-state index is 10.8. The predicted molar refractivity (Wildman–Crippen MR) is 41.2 cm³/mol. The van der Waals surface area contributed by atoms with Crippen molar-refractivity contribution in [1.29, 1.82) is 0 Å². The predicted octanol–water partition coefficient (Wildman–Crippen LogP) is 0.186. The molecule has 64 valence electrons. The Morgan fingerprint density at radius 2 is 2.36 bits per heavy atom. The first-order valence-corrected chi connectivity index (χ1v) is 4.84. The third-order valence-corrected chi connectivity index (χ3v) is 2.46. The van der Waals surface area contributed by atoms with Gasteiger partial charge in [-0.1, -0.05) is 12.2 Å². The molecule has 0 aromatic rings. The molecule has 0 saturated carbocycles. The molecule has 0 unspecified atom stereocenters. The van der Waals surface area contributed by atoms with Crippen LogP contribution in [0.5, 0.6) is 0 Å². The Morgan fingerprint density at radius 3 is 2.91 bits per heavy atom. The SMILES string of the molecule is C/C=C/[C@@H]1CCOS(=O)(=O)N1. The Morgan fingerprint density at radius 1 is 1.64 bits per heavy atom. The van der Waals surface area contributed by atoms with Crippen LogP contribution in [0.2, 0.25) is 0 Å². The van der Waals surface area contributed by atoms with Crippen molar-refractivity contribution >= 4 is 10.3 Å². The van der Waals surface area contributed by atoms with Gasteiger partial charge < -0.3 is 0 Å². The molecule has 5 heteroatoms. The average molecular weight is 177 g/mol. The first-order chi connectivity index (χ1) is 5.14. The summed E-state index contributed by atoms with van der Waals surface area (Å²) in [5.41, 5.74) is 0.